The second kappa shape index (κ2) is 8.44. The lowest BCUT2D eigenvalue weighted by atomic mass is 10.1. The molecule has 1 N–H and O–H groups in total. The van der Waals surface area contributed by atoms with Gasteiger partial charge in [0, 0.05) is 23.6 Å². The zero-order chi connectivity index (χ0) is 16.7. The molecule has 0 radical (unpaired) electrons. The third-order valence-electron chi connectivity index (χ3n) is 3.51. The van der Waals surface area contributed by atoms with Crippen molar-refractivity contribution in [2.45, 2.75) is 19.4 Å². The van der Waals surface area contributed by atoms with Gasteiger partial charge in [0.1, 0.15) is 0 Å². The predicted octanol–water partition coefficient (Wildman–Crippen LogP) is 3.61. The molecule has 0 spiro atoms. The molecule has 0 saturated carbocycles. The van der Waals surface area contributed by atoms with Gasteiger partial charge in [0.25, 0.3) is 0 Å². The first-order valence-electron chi connectivity index (χ1n) is 7.35. The quantitative estimate of drug-likeness (QED) is 0.842. The number of nitrogens with one attached hydrogen (secondary N) is 1. The third-order valence-corrected chi connectivity index (χ3v) is 3.77. The molecule has 0 aliphatic heterocycles. The van der Waals surface area contributed by atoms with Crippen LogP contribution in [0.3, 0.4) is 0 Å². The number of methoxy groups -OCH3 is 2. The van der Waals surface area contributed by atoms with Gasteiger partial charge in [-0.2, -0.15) is 0 Å². The molecule has 0 saturated heterocycles. The van der Waals surface area contributed by atoms with Crippen molar-refractivity contribution < 1.29 is 14.3 Å². The maximum Gasteiger partial charge on any atom is 0.220 e. The number of hydrogen-bond donors (Lipinski definition) is 1. The molecule has 0 atom stereocenters. The Hall–Kier alpha value is -2.20. The number of ether oxygens (including phenoxy) is 2. The minimum Gasteiger partial charge on any atom is -0.493 e. The fraction of sp³-hybridized carbons (Fsp3) is 0.278. The van der Waals surface area contributed by atoms with Crippen LogP contribution in [0.4, 0.5) is 0 Å². The fourth-order valence-electron chi connectivity index (χ4n) is 2.28. The van der Waals surface area contributed by atoms with Crippen LogP contribution in [0.1, 0.15) is 17.5 Å². The van der Waals surface area contributed by atoms with E-state index in [-0.39, 0.29) is 5.91 Å². The Bertz CT molecular complexity index is 656. The Kier molecular flexibility index (Phi) is 6.29. The standard InChI is InChI=1S/C18H20ClNO3/c1-22-16-5-3-4-14(18(16)23-2)12-20-17(21)11-8-13-6-9-15(19)10-7-13/h3-7,9-10H,8,11-12H2,1-2H3,(H,20,21). The molecule has 0 bridgehead atoms. The number of hydrogen-bond acceptors (Lipinski definition) is 3. The van der Waals surface area contributed by atoms with E-state index in [1.165, 1.54) is 0 Å². The summed E-state index contributed by atoms with van der Waals surface area (Å²) < 4.78 is 10.6. The Balaban J connectivity index is 1.88. The van der Waals surface area contributed by atoms with Gasteiger partial charge >= 0.3 is 0 Å². The number of para-hydroxylation sites is 1. The maximum absolute atomic E-state index is 12.0. The highest BCUT2D eigenvalue weighted by molar-refractivity contribution is 6.30. The molecule has 1 amide bonds. The van der Waals surface area contributed by atoms with Gasteiger partial charge in [-0.3, -0.25) is 4.79 Å². The van der Waals surface area contributed by atoms with Gasteiger partial charge in [-0.15, -0.1) is 0 Å². The summed E-state index contributed by atoms with van der Waals surface area (Å²) in [6.45, 7) is 0.403. The van der Waals surface area contributed by atoms with E-state index in [9.17, 15) is 4.79 Å². The molecular weight excluding hydrogens is 314 g/mol. The van der Waals surface area contributed by atoms with Crippen molar-refractivity contribution in [1.29, 1.82) is 0 Å². The van der Waals surface area contributed by atoms with Crippen LogP contribution in [-0.4, -0.2) is 20.1 Å². The van der Waals surface area contributed by atoms with Crippen molar-refractivity contribution in [3.8, 4) is 11.5 Å². The topological polar surface area (TPSA) is 47.6 Å². The van der Waals surface area contributed by atoms with Gasteiger partial charge in [0.2, 0.25) is 5.91 Å². The highest BCUT2D eigenvalue weighted by Crippen LogP contribution is 2.30. The first-order valence-corrected chi connectivity index (χ1v) is 7.73. The number of aryl methyl sites for hydroxylation is 1. The molecule has 122 valence electrons. The summed E-state index contributed by atoms with van der Waals surface area (Å²) in [5.74, 6) is 1.29. The first-order chi connectivity index (χ1) is 11.1. The lowest BCUT2D eigenvalue weighted by Crippen LogP contribution is -2.23. The summed E-state index contributed by atoms with van der Waals surface area (Å²) in [5.41, 5.74) is 1.97. The Morgan fingerprint density at radius 2 is 1.83 bits per heavy atom. The highest BCUT2D eigenvalue weighted by atomic mass is 35.5. The molecule has 23 heavy (non-hydrogen) atoms. The Morgan fingerprint density at radius 3 is 2.48 bits per heavy atom. The SMILES string of the molecule is COc1cccc(CNC(=O)CCc2ccc(Cl)cc2)c1OC. The normalized spacial score (nSPS) is 10.2. The molecule has 4 nitrogen and oxygen atoms in total. The monoisotopic (exact) mass is 333 g/mol. The number of carbonyl (C=O) groups excluding carboxylic acids is 1. The van der Waals surface area contributed by atoms with Crippen molar-refractivity contribution in [2.24, 2.45) is 0 Å². The smallest absolute Gasteiger partial charge is 0.220 e. The fourth-order valence-corrected chi connectivity index (χ4v) is 2.41. The van der Waals surface area contributed by atoms with E-state index in [1.54, 1.807) is 14.2 Å². The van der Waals surface area contributed by atoms with E-state index in [1.807, 2.05) is 42.5 Å². The van der Waals surface area contributed by atoms with Crippen LogP contribution >= 0.6 is 11.6 Å². The Morgan fingerprint density at radius 1 is 1.09 bits per heavy atom. The van der Waals surface area contributed by atoms with Crippen LogP contribution in [0.15, 0.2) is 42.5 Å². The number of amides is 1. The summed E-state index contributed by atoms with van der Waals surface area (Å²) in [7, 11) is 3.18. The van der Waals surface area contributed by atoms with E-state index in [0.717, 1.165) is 11.1 Å². The van der Waals surface area contributed by atoms with E-state index < -0.39 is 0 Å². The minimum atomic E-state index is -0.00942. The second-order valence-corrected chi connectivity index (χ2v) is 5.49. The summed E-state index contributed by atoms with van der Waals surface area (Å²) >= 11 is 5.84. The van der Waals surface area contributed by atoms with E-state index >= 15 is 0 Å². The van der Waals surface area contributed by atoms with Crippen molar-refractivity contribution >= 4 is 17.5 Å². The zero-order valence-electron chi connectivity index (χ0n) is 13.3. The molecular formula is C18H20ClNO3. The molecule has 0 aliphatic rings. The molecule has 2 aromatic carbocycles. The molecule has 0 aliphatic carbocycles. The lowest BCUT2D eigenvalue weighted by molar-refractivity contribution is -0.121. The minimum absolute atomic E-state index is 0.00942. The average Bonchev–Trinajstić information content (AvgIpc) is 2.58. The molecule has 0 unspecified atom stereocenters. The van der Waals surface area contributed by atoms with Gasteiger partial charge in [-0.05, 0) is 30.2 Å². The number of halogens is 1. The summed E-state index contributed by atoms with van der Waals surface area (Å²) in [4.78, 5) is 12.0. The number of carbonyl (C=O) groups is 1. The van der Waals surface area contributed by atoms with Gasteiger partial charge < -0.3 is 14.8 Å². The molecule has 2 aromatic rings. The van der Waals surface area contributed by atoms with Crippen LogP contribution < -0.4 is 14.8 Å². The lowest BCUT2D eigenvalue weighted by Gasteiger charge is -2.13. The van der Waals surface area contributed by atoms with E-state index in [0.29, 0.717) is 35.9 Å². The van der Waals surface area contributed by atoms with Crippen molar-refractivity contribution in [1.82, 2.24) is 5.32 Å². The molecule has 0 aromatic heterocycles. The van der Waals surface area contributed by atoms with Gasteiger partial charge in [-0.25, -0.2) is 0 Å². The van der Waals surface area contributed by atoms with Crippen molar-refractivity contribution in [2.75, 3.05) is 14.2 Å². The van der Waals surface area contributed by atoms with Gasteiger partial charge in [0.15, 0.2) is 11.5 Å². The molecule has 0 fully saturated rings. The van der Waals surface area contributed by atoms with Crippen molar-refractivity contribution in [3.63, 3.8) is 0 Å². The van der Waals surface area contributed by atoms with Crippen molar-refractivity contribution in [3.05, 3.63) is 58.6 Å². The second-order valence-electron chi connectivity index (χ2n) is 5.06. The highest BCUT2D eigenvalue weighted by Gasteiger charge is 2.10. The average molecular weight is 334 g/mol. The van der Waals surface area contributed by atoms with E-state index in [2.05, 4.69) is 5.32 Å². The first kappa shape index (κ1) is 17.2. The van der Waals surface area contributed by atoms with Gasteiger partial charge in [-0.1, -0.05) is 35.9 Å². The summed E-state index contributed by atoms with van der Waals surface area (Å²) in [6, 6.07) is 13.1. The van der Waals surface area contributed by atoms with Crippen LogP contribution in [0.5, 0.6) is 11.5 Å². The summed E-state index contributed by atoms with van der Waals surface area (Å²) in [6.07, 6.45) is 1.10. The summed E-state index contributed by atoms with van der Waals surface area (Å²) in [5, 5.41) is 3.60. The number of benzene rings is 2. The van der Waals surface area contributed by atoms with Crippen LogP contribution in [0.2, 0.25) is 5.02 Å². The van der Waals surface area contributed by atoms with Crippen LogP contribution in [-0.2, 0) is 17.8 Å². The number of rotatable bonds is 7. The molecule has 2 rings (SSSR count). The van der Waals surface area contributed by atoms with Gasteiger partial charge in [0.05, 0.1) is 14.2 Å². The maximum atomic E-state index is 12.0. The molecule has 5 heteroatoms. The Labute approximate surface area is 141 Å². The predicted molar refractivity (Wildman–Crippen MR) is 91.2 cm³/mol. The largest absolute Gasteiger partial charge is 0.493 e. The zero-order valence-corrected chi connectivity index (χ0v) is 14.0. The van der Waals surface area contributed by atoms with Crippen LogP contribution in [0, 0.1) is 0 Å². The third kappa shape index (κ3) is 4.89. The van der Waals surface area contributed by atoms with E-state index in [4.69, 9.17) is 21.1 Å². The van der Waals surface area contributed by atoms with Crippen LogP contribution in [0.25, 0.3) is 0 Å². The molecule has 0 heterocycles.